The molecule has 0 rings (SSSR count). The molecule has 0 aromatic carbocycles. The second-order valence-corrected chi connectivity index (χ2v) is 12.4. The summed E-state index contributed by atoms with van der Waals surface area (Å²) in [6, 6.07) is 0. The van der Waals surface area contributed by atoms with E-state index in [2.05, 4.69) is 6.92 Å². The smallest absolute Gasteiger partial charge is 0.410 e. The fourth-order valence-electron chi connectivity index (χ4n) is 3.97. The lowest BCUT2D eigenvalue weighted by molar-refractivity contribution is -0.150. The molecule has 0 spiro atoms. The van der Waals surface area contributed by atoms with Gasteiger partial charge >= 0.3 is 12.1 Å². The van der Waals surface area contributed by atoms with Gasteiger partial charge in [0.1, 0.15) is 12.2 Å². The Labute approximate surface area is 307 Å². The zero-order valence-corrected chi connectivity index (χ0v) is 32.6. The third-order valence-corrected chi connectivity index (χ3v) is 6.83. The van der Waals surface area contributed by atoms with Crippen molar-refractivity contribution in [2.75, 3.05) is 152 Å². The van der Waals surface area contributed by atoms with E-state index in [-0.39, 0.29) is 24.6 Å². The third-order valence-electron chi connectivity index (χ3n) is 6.83. The highest BCUT2D eigenvalue weighted by Gasteiger charge is 2.19. The predicted octanol–water partition coefficient (Wildman–Crippen LogP) is 3.78. The van der Waals surface area contributed by atoms with Gasteiger partial charge in [-0.1, -0.05) is 26.7 Å². The van der Waals surface area contributed by atoms with Crippen LogP contribution in [-0.4, -0.2) is 175 Å². The first-order valence-corrected chi connectivity index (χ1v) is 18.6. The molecule has 0 bridgehead atoms. The summed E-state index contributed by atoms with van der Waals surface area (Å²) >= 11 is 0. The van der Waals surface area contributed by atoms with Crippen LogP contribution in [0.4, 0.5) is 4.79 Å². The Morgan fingerprint density at radius 3 is 1.12 bits per heavy atom. The summed E-state index contributed by atoms with van der Waals surface area (Å²) in [7, 11) is 1.68. The summed E-state index contributed by atoms with van der Waals surface area (Å²) < 4.78 is 65.3. The number of carbonyl (C=O) groups excluding carboxylic acids is 2. The van der Waals surface area contributed by atoms with Gasteiger partial charge in [0, 0.05) is 13.6 Å². The van der Waals surface area contributed by atoms with E-state index in [1.807, 2.05) is 27.7 Å². The SMILES string of the molecule is CCCCC(CC)C(=O)OCCOCCOCCOCCOCCOCCOCCOCCOCCOCCOCCN(C)C(=O)OC(C)(C)C. The second-order valence-electron chi connectivity index (χ2n) is 12.4. The number of ether oxygens (including phenoxy) is 12. The number of rotatable bonds is 38. The Kier molecular flexibility index (Phi) is 35.5. The molecule has 0 aliphatic carbocycles. The van der Waals surface area contributed by atoms with E-state index in [4.69, 9.17) is 56.8 Å². The molecular weight excluding hydrogens is 670 g/mol. The lowest BCUT2D eigenvalue weighted by Gasteiger charge is -2.24. The maximum atomic E-state index is 12.0. The molecule has 0 saturated heterocycles. The van der Waals surface area contributed by atoms with Crippen molar-refractivity contribution in [1.29, 1.82) is 0 Å². The van der Waals surface area contributed by atoms with Crippen LogP contribution in [0.2, 0.25) is 0 Å². The van der Waals surface area contributed by atoms with Crippen LogP contribution in [0.25, 0.3) is 0 Å². The molecule has 0 aromatic heterocycles. The monoisotopic (exact) mass is 741 g/mol. The molecule has 1 atom stereocenters. The van der Waals surface area contributed by atoms with Crippen molar-refractivity contribution in [1.82, 2.24) is 4.90 Å². The summed E-state index contributed by atoms with van der Waals surface area (Å²) in [4.78, 5) is 25.4. The number of unbranched alkanes of at least 4 members (excludes halogenated alkanes) is 1. The van der Waals surface area contributed by atoms with Crippen molar-refractivity contribution in [2.24, 2.45) is 5.92 Å². The average molecular weight is 742 g/mol. The molecule has 51 heavy (non-hydrogen) atoms. The Balaban J connectivity index is 3.22. The van der Waals surface area contributed by atoms with Crippen LogP contribution >= 0.6 is 0 Å². The van der Waals surface area contributed by atoms with E-state index < -0.39 is 5.60 Å². The van der Waals surface area contributed by atoms with Crippen molar-refractivity contribution in [3.8, 4) is 0 Å². The van der Waals surface area contributed by atoms with Gasteiger partial charge < -0.3 is 61.7 Å². The molecular formula is C36H71NO14. The number of hydrogen-bond donors (Lipinski definition) is 0. The number of amides is 1. The van der Waals surface area contributed by atoms with Crippen LogP contribution in [0.5, 0.6) is 0 Å². The maximum Gasteiger partial charge on any atom is 0.410 e. The molecule has 15 heteroatoms. The Morgan fingerprint density at radius 2 is 0.824 bits per heavy atom. The van der Waals surface area contributed by atoms with Crippen molar-refractivity contribution in [3.63, 3.8) is 0 Å². The van der Waals surface area contributed by atoms with Gasteiger partial charge in [0.05, 0.1) is 138 Å². The van der Waals surface area contributed by atoms with Gasteiger partial charge in [-0.3, -0.25) is 4.79 Å². The fourth-order valence-corrected chi connectivity index (χ4v) is 3.97. The zero-order chi connectivity index (χ0) is 37.7. The maximum absolute atomic E-state index is 12.0. The van der Waals surface area contributed by atoms with Gasteiger partial charge in [-0.05, 0) is 33.6 Å². The summed E-state index contributed by atoms with van der Waals surface area (Å²) in [6.45, 7) is 19.7. The first kappa shape index (κ1) is 49.3. The van der Waals surface area contributed by atoms with Crippen LogP contribution < -0.4 is 0 Å². The lowest BCUT2D eigenvalue weighted by atomic mass is 10.00. The van der Waals surface area contributed by atoms with Gasteiger partial charge in [-0.2, -0.15) is 0 Å². The Hall–Kier alpha value is -1.66. The molecule has 0 fully saturated rings. The first-order chi connectivity index (χ1) is 24.7. The van der Waals surface area contributed by atoms with E-state index in [9.17, 15) is 9.59 Å². The quantitative estimate of drug-likeness (QED) is 0.0668. The van der Waals surface area contributed by atoms with Gasteiger partial charge in [0.2, 0.25) is 0 Å². The topological polar surface area (TPSA) is 148 Å². The molecule has 304 valence electrons. The number of hydrogen-bond acceptors (Lipinski definition) is 14. The first-order valence-electron chi connectivity index (χ1n) is 18.6. The fraction of sp³-hybridized carbons (Fsp3) is 0.944. The van der Waals surface area contributed by atoms with Gasteiger partial charge in [-0.15, -0.1) is 0 Å². The highest BCUT2D eigenvalue weighted by molar-refractivity contribution is 5.72. The molecule has 0 aliphatic rings. The molecule has 15 nitrogen and oxygen atoms in total. The summed E-state index contributed by atoms with van der Waals surface area (Å²) in [5.74, 6) is -0.132. The number of likely N-dealkylation sites (N-methyl/N-ethyl adjacent to an activating group) is 1. The second kappa shape index (κ2) is 36.7. The van der Waals surface area contributed by atoms with E-state index in [0.29, 0.717) is 139 Å². The molecule has 0 heterocycles. The largest absolute Gasteiger partial charge is 0.463 e. The molecule has 0 radical (unpaired) electrons. The normalized spacial score (nSPS) is 12.3. The van der Waals surface area contributed by atoms with Gasteiger partial charge in [-0.25, -0.2) is 4.79 Å². The van der Waals surface area contributed by atoms with Crippen molar-refractivity contribution < 1.29 is 66.4 Å². The summed E-state index contributed by atoms with van der Waals surface area (Å²) in [5.41, 5.74) is -0.513. The number of esters is 1. The molecule has 0 aromatic rings. The average Bonchev–Trinajstić information content (AvgIpc) is 3.09. The molecule has 1 unspecified atom stereocenters. The number of carbonyl (C=O) groups is 2. The minimum absolute atomic E-state index is 0.00786. The van der Waals surface area contributed by atoms with Crippen molar-refractivity contribution in [3.05, 3.63) is 0 Å². The van der Waals surface area contributed by atoms with Crippen LogP contribution in [0, 0.1) is 5.92 Å². The van der Waals surface area contributed by atoms with Gasteiger partial charge in [0.25, 0.3) is 0 Å². The molecule has 1 amide bonds. The summed E-state index contributed by atoms with van der Waals surface area (Å²) in [6.07, 6.45) is 3.45. The minimum Gasteiger partial charge on any atom is -0.463 e. The predicted molar refractivity (Wildman–Crippen MR) is 191 cm³/mol. The summed E-state index contributed by atoms with van der Waals surface area (Å²) in [5, 5.41) is 0. The Morgan fingerprint density at radius 1 is 0.510 bits per heavy atom. The van der Waals surface area contributed by atoms with Crippen LogP contribution in [-0.2, 0) is 61.6 Å². The van der Waals surface area contributed by atoms with Crippen molar-refractivity contribution in [2.45, 2.75) is 65.9 Å². The lowest BCUT2D eigenvalue weighted by Crippen LogP contribution is -2.36. The van der Waals surface area contributed by atoms with E-state index in [1.165, 1.54) is 4.90 Å². The van der Waals surface area contributed by atoms with Crippen LogP contribution in [0.15, 0.2) is 0 Å². The van der Waals surface area contributed by atoms with Crippen LogP contribution in [0.3, 0.4) is 0 Å². The van der Waals surface area contributed by atoms with E-state index in [1.54, 1.807) is 7.05 Å². The molecule has 0 N–H and O–H groups in total. The van der Waals surface area contributed by atoms with Crippen molar-refractivity contribution >= 4 is 12.1 Å². The van der Waals surface area contributed by atoms with Crippen LogP contribution in [0.1, 0.15) is 60.3 Å². The number of nitrogens with zero attached hydrogens (tertiary/aromatic N) is 1. The highest BCUT2D eigenvalue weighted by atomic mass is 16.6. The highest BCUT2D eigenvalue weighted by Crippen LogP contribution is 2.14. The molecule has 0 aliphatic heterocycles. The minimum atomic E-state index is -0.513. The third kappa shape index (κ3) is 36.5. The molecule has 0 saturated carbocycles. The van der Waals surface area contributed by atoms with E-state index in [0.717, 1.165) is 25.7 Å². The van der Waals surface area contributed by atoms with Gasteiger partial charge in [0.15, 0.2) is 0 Å². The Bertz CT molecular complexity index is 771. The zero-order valence-electron chi connectivity index (χ0n) is 32.6. The standard InChI is InChI=1S/C36H71NO14/c1-7-9-10-33(8-2)34(38)50-32-31-49-30-29-48-28-27-47-26-25-46-24-23-45-22-21-44-20-19-43-18-17-42-16-15-41-14-13-40-12-11-37(6)35(39)51-36(3,4)5/h33H,7-32H2,1-6H3. The van der Waals surface area contributed by atoms with E-state index >= 15 is 0 Å².